The highest BCUT2D eigenvalue weighted by Crippen LogP contribution is 2.09. The second kappa shape index (κ2) is 6.44. The Kier molecular flexibility index (Phi) is 4.91. The Hall–Kier alpha value is -0.490. The summed E-state index contributed by atoms with van der Waals surface area (Å²) in [5.41, 5.74) is 1.20. The Morgan fingerprint density at radius 2 is 2.24 bits per heavy atom. The van der Waals surface area contributed by atoms with Crippen molar-refractivity contribution in [3.05, 3.63) is 16.1 Å². The van der Waals surface area contributed by atoms with E-state index in [4.69, 9.17) is 0 Å². The summed E-state index contributed by atoms with van der Waals surface area (Å²) in [7, 11) is 2.18. The van der Waals surface area contributed by atoms with Crippen LogP contribution in [0.15, 0.2) is 5.38 Å². The Bertz CT molecular complexity index is 333. The number of piperazine rings is 1. The molecule has 0 aromatic carbocycles. The predicted molar refractivity (Wildman–Crippen MR) is 72.5 cm³/mol. The third-order valence-corrected chi connectivity index (χ3v) is 3.93. The van der Waals surface area contributed by atoms with Gasteiger partial charge in [-0.2, -0.15) is 0 Å². The third-order valence-electron chi connectivity index (χ3n) is 3.11. The van der Waals surface area contributed by atoms with Crippen molar-refractivity contribution in [3.63, 3.8) is 0 Å². The van der Waals surface area contributed by atoms with Gasteiger partial charge in [0.2, 0.25) is 0 Å². The van der Waals surface area contributed by atoms with Gasteiger partial charge in [0.15, 0.2) is 0 Å². The first kappa shape index (κ1) is 13.0. The van der Waals surface area contributed by atoms with E-state index >= 15 is 0 Å². The molecule has 1 N–H and O–H groups in total. The predicted octanol–water partition coefficient (Wildman–Crippen LogP) is 0.789. The van der Waals surface area contributed by atoms with Crippen LogP contribution in [0, 0.1) is 6.92 Å². The molecule has 1 fully saturated rings. The molecule has 96 valence electrons. The van der Waals surface area contributed by atoms with Crippen LogP contribution in [-0.4, -0.2) is 61.1 Å². The lowest BCUT2D eigenvalue weighted by molar-refractivity contribution is 0.201. The van der Waals surface area contributed by atoms with Crippen LogP contribution >= 0.6 is 11.3 Å². The molecule has 0 saturated carbocycles. The van der Waals surface area contributed by atoms with E-state index in [2.05, 4.69) is 39.5 Å². The van der Waals surface area contributed by atoms with E-state index in [1.807, 2.05) is 0 Å². The number of hydrogen-bond acceptors (Lipinski definition) is 5. The highest BCUT2D eigenvalue weighted by Gasteiger charge is 2.10. The van der Waals surface area contributed by atoms with Crippen LogP contribution in [0.25, 0.3) is 0 Å². The number of likely N-dealkylation sites (N-methyl/N-ethyl adjacent to an activating group) is 1. The minimum absolute atomic E-state index is 0.969. The standard InChI is InChI=1S/C12H22N4S/c1-11-14-12(10-17-11)9-15(2)7-8-16-5-3-13-4-6-16/h10,13H,3-9H2,1-2H3. The number of rotatable bonds is 5. The van der Waals surface area contributed by atoms with Gasteiger partial charge in [-0.25, -0.2) is 4.98 Å². The summed E-state index contributed by atoms with van der Waals surface area (Å²) in [6.07, 6.45) is 0. The van der Waals surface area contributed by atoms with Crippen LogP contribution in [0.5, 0.6) is 0 Å². The molecular weight excluding hydrogens is 232 g/mol. The topological polar surface area (TPSA) is 31.4 Å². The van der Waals surface area contributed by atoms with Gasteiger partial charge in [-0.3, -0.25) is 9.80 Å². The van der Waals surface area contributed by atoms with Crippen molar-refractivity contribution < 1.29 is 0 Å². The maximum atomic E-state index is 4.50. The largest absolute Gasteiger partial charge is 0.314 e. The summed E-state index contributed by atoms with van der Waals surface area (Å²) in [4.78, 5) is 9.38. The quantitative estimate of drug-likeness (QED) is 0.842. The van der Waals surface area contributed by atoms with Gasteiger partial charge in [-0.1, -0.05) is 0 Å². The zero-order valence-electron chi connectivity index (χ0n) is 10.8. The Morgan fingerprint density at radius 3 is 2.88 bits per heavy atom. The molecule has 0 spiro atoms. The Balaban J connectivity index is 1.68. The van der Waals surface area contributed by atoms with Gasteiger partial charge in [0.1, 0.15) is 0 Å². The molecule has 4 nitrogen and oxygen atoms in total. The van der Waals surface area contributed by atoms with Gasteiger partial charge in [0.25, 0.3) is 0 Å². The molecule has 0 atom stereocenters. The van der Waals surface area contributed by atoms with Crippen molar-refractivity contribution in [1.82, 2.24) is 20.1 Å². The molecule has 1 aromatic heterocycles. The van der Waals surface area contributed by atoms with Crippen molar-refractivity contribution in [2.24, 2.45) is 0 Å². The van der Waals surface area contributed by atoms with Crippen molar-refractivity contribution >= 4 is 11.3 Å². The van der Waals surface area contributed by atoms with Crippen LogP contribution in [0.4, 0.5) is 0 Å². The molecule has 0 bridgehead atoms. The molecule has 0 unspecified atom stereocenters. The molecule has 0 aliphatic carbocycles. The lowest BCUT2D eigenvalue weighted by Crippen LogP contribution is -2.45. The number of nitrogens with zero attached hydrogens (tertiary/aromatic N) is 3. The summed E-state index contributed by atoms with van der Waals surface area (Å²) in [5.74, 6) is 0. The summed E-state index contributed by atoms with van der Waals surface area (Å²) in [5, 5.41) is 6.71. The van der Waals surface area contributed by atoms with Crippen molar-refractivity contribution in [1.29, 1.82) is 0 Å². The van der Waals surface area contributed by atoms with Crippen LogP contribution in [0.3, 0.4) is 0 Å². The molecule has 0 radical (unpaired) electrons. The van der Waals surface area contributed by atoms with Gasteiger partial charge < -0.3 is 5.32 Å². The van der Waals surface area contributed by atoms with Crippen molar-refractivity contribution in [3.8, 4) is 0 Å². The molecular formula is C12H22N4S. The molecule has 5 heteroatoms. The van der Waals surface area contributed by atoms with Crippen LogP contribution in [0.1, 0.15) is 10.7 Å². The maximum absolute atomic E-state index is 4.50. The van der Waals surface area contributed by atoms with Crippen molar-refractivity contribution in [2.75, 3.05) is 46.3 Å². The lowest BCUT2D eigenvalue weighted by Gasteiger charge is -2.28. The average Bonchev–Trinajstić information content (AvgIpc) is 2.73. The molecule has 1 saturated heterocycles. The van der Waals surface area contributed by atoms with E-state index in [1.54, 1.807) is 11.3 Å². The summed E-state index contributed by atoms with van der Waals surface area (Å²) in [6, 6.07) is 0. The summed E-state index contributed by atoms with van der Waals surface area (Å²) >= 11 is 1.74. The van der Waals surface area contributed by atoms with Gasteiger partial charge in [0, 0.05) is 51.2 Å². The van der Waals surface area contributed by atoms with Gasteiger partial charge in [0.05, 0.1) is 10.7 Å². The van der Waals surface area contributed by atoms with E-state index in [9.17, 15) is 0 Å². The molecule has 0 amide bonds. The van der Waals surface area contributed by atoms with Gasteiger partial charge in [-0.15, -0.1) is 11.3 Å². The number of nitrogens with one attached hydrogen (secondary N) is 1. The average molecular weight is 254 g/mol. The fraction of sp³-hybridized carbons (Fsp3) is 0.750. The Labute approximate surface area is 108 Å². The highest BCUT2D eigenvalue weighted by molar-refractivity contribution is 7.09. The number of aromatic nitrogens is 1. The number of aryl methyl sites for hydroxylation is 1. The second-order valence-corrected chi connectivity index (χ2v) is 5.75. The molecule has 1 aromatic rings. The molecule has 2 rings (SSSR count). The minimum atomic E-state index is 0.969. The van der Waals surface area contributed by atoms with E-state index in [-0.39, 0.29) is 0 Å². The molecule has 2 heterocycles. The summed E-state index contributed by atoms with van der Waals surface area (Å²) in [6.45, 7) is 9.96. The first-order valence-corrected chi connectivity index (χ1v) is 7.14. The zero-order chi connectivity index (χ0) is 12.1. The number of hydrogen-bond donors (Lipinski definition) is 1. The fourth-order valence-corrected chi connectivity index (χ4v) is 2.69. The zero-order valence-corrected chi connectivity index (χ0v) is 11.6. The van der Waals surface area contributed by atoms with Crippen LogP contribution < -0.4 is 5.32 Å². The molecule has 1 aliphatic rings. The SMILES string of the molecule is Cc1nc(CN(C)CCN2CCNCC2)cs1. The maximum Gasteiger partial charge on any atom is 0.0897 e. The smallest absolute Gasteiger partial charge is 0.0897 e. The first-order valence-electron chi connectivity index (χ1n) is 6.26. The van der Waals surface area contributed by atoms with E-state index in [0.717, 1.165) is 31.2 Å². The molecule has 1 aliphatic heterocycles. The second-order valence-electron chi connectivity index (χ2n) is 4.69. The molecule has 17 heavy (non-hydrogen) atoms. The number of thiazole rings is 1. The van der Waals surface area contributed by atoms with E-state index in [1.165, 1.54) is 25.3 Å². The van der Waals surface area contributed by atoms with Crippen molar-refractivity contribution in [2.45, 2.75) is 13.5 Å². The van der Waals surface area contributed by atoms with Gasteiger partial charge >= 0.3 is 0 Å². The van der Waals surface area contributed by atoms with Crippen LogP contribution in [0.2, 0.25) is 0 Å². The lowest BCUT2D eigenvalue weighted by atomic mass is 10.3. The first-order chi connectivity index (χ1) is 8.24. The van der Waals surface area contributed by atoms with Crippen LogP contribution in [-0.2, 0) is 6.54 Å². The van der Waals surface area contributed by atoms with Gasteiger partial charge in [-0.05, 0) is 14.0 Å². The summed E-state index contributed by atoms with van der Waals surface area (Å²) < 4.78 is 0. The van der Waals surface area contributed by atoms with E-state index < -0.39 is 0 Å². The van der Waals surface area contributed by atoms with E-state index in [0.29, 0.717) is 0 Å². The minimum Gasteiger partial charge on any atom is -0.314 e. The fourth-order valence-electron chi connectivity index (χ4n) is 2.08. The Morgan fingerprint density at radius 1 is 1.47 bits per heavy atom. The normalized spacial score (nSPS) is 17.8. The monoisotopic (exact) mass is 254 g/mol. The highest BCUT2D eigenvalue weighted by atomic mass is 32.1. The third kappa shape index (κ3) is 4.35.